The first-order chi connectivity index (χ1) is 11.5. The molecule has 2 heterocycles. The summed E-state index contributed by atoms with van der Waals surface area (Å²) in [7, 11) is 0. The van der Waals surface area contributed by atoms with Crippen LogP contribution in [0, 0.1) is 0 Å². The summed E-state index contributed by atoms with van der Waals surface area (Å²) in [6.07, 6.45) is 4.79. The van der Waals surface area contributed by atoms with Gasteiger partial charge in [0, 0.05) is 63.4 Å². The number of hydrogen-bond donors (Lipinski definition) is 0. The van der Waals surface area contributed by atoms with Crippen LogP contribution in [0.3, 0.4) is 0 Å². The molecule has 0 amide bonds. The molecule has 4 heteroatoms. The van der Waals surface area contributed by atoms with E-state index in [1.165, 1.54) is 39.3 Å². The third kappa shape index (κ3) is 5.04. The van der Waals surface area contributed by atoms with Crippen LogP contribution in [0.2, 0.25) is 0 Å². The zero-order valence-corrected chi connectivity index (χ0v) is 16.9. The Hall–Kier alpha value is -0.420. The summed E-state index contributed by atoms with van der Waals surface area (Å²) >= 11 is 0. The van der Waals surface area contributed by atoms with E-state index in [1.54, 1.807) is 0 Å². The Morgan fingerprint density at radius 2 is 0.875 bits per heavy atom. The average molecular weight is 337 g/mol. The molecular weight excluding hydrogens is 296 g/mol. The summed E-state index contributed by atoms with van der Waals surface area (Å²) < 4.78 is 0. The molecule has 24 heavy (non-hydrogen) atoms. The van der Waals surface area contributed by atoms with Crippen LogP contribution < -0.4 is 0 Å². The summed E-state index contributed by atoms with van der Waals surface area (Å²) in [5, 5.41) is 0. The SMILES string of the molecule is CCN1C[C@H](C)N(C/C=C/CN2C[C@H](C)N(CC)C[C@H]2C)C[C@H]1C. The van der Waals surface area contributed by atoms with Crippen LogP contribution in [0.4, 0.5) is 0 Å². The molecule has 2 rings (SSSR count). The van der Waals surface area contributed by atoms with E-state index in [9.17, 15) is 0 Å². The Morgan fingerprint density at radius 1 is 0.583 bits per heavy atom. The molecule has 0 bridgehead atoms. The fourth-order valence-corrected chi connectivity index (χ4v) is 4.35. The topological polar surface area (TPSA) is 13.0 Å². The van der Waals surface area contributed by atoms with Crippen LogP contribution >= 0.6 is 0 Å². The molecule has 0 aromatic carbocycles. The van der Waals surface area contributed by atoms with E-state index >= 15 is 0 Å². The first-order valence-electron chi connectivity index (χ1n) is 10.1. The van der Waals surface area contributed by atoms with Crippen molar-refractivity contribution in [3.8, 4) is 0 Å². The quantitative estimate of drug-likeness (QED) is 0.690. The van der Waals surface area contributed by atoms with Crippen molar-refractivity contribution in [1.29, 1.82) is 0 Å². The first-order valence-corrected chi connectivity index (χ1v) is 10.1. The second kappa shape index (κ2) is 9.33. The van der Waals surface area contributed by atoms with Crippen molar-refractivity contribution in [3.63, 3.8) is 0 Å². The van der Waals surface area contributed by atoms with Crippen LogP contribution in [0.5, 0.6) is 0 Å². The summed E-state index contributed by atoms with van der Waals surface area (Å²) in [4.78, 5) is 10.5. The van der Waals surface area contributed by atoms with Gasteiger partial charge in [-0.05, 0) is 40.8 Å². The highest BCUT2D eigenvalue weighted by Gasteiger charge is 2.28. The maximum absolute atomic E-state index is 2.63. The largest absolute Gasteiger partial charge is 0.298 e. The Balaban J connectivity index is 1.76. The van der Waals surface area contributed by atoms with Gasteiger partial charge in [0.15, 0.2) is 0 Å². The minimum atomic E-state index is 0.665. The molecule has 0 aromatic heterocycles. The van der Waals surface area contributed by atoms with E-state index < -0.39 is 0 Å². The maximum Gasteiger partial charge on any atom is 0.0198 e. The predicted molar refractivity (Wildman–Crippen MR) is 105 cm³/mol. The minimum Gasteiger partial charge on any atom is -0.298 e. The van der Waals surface area contributed by atoms with E-state index in [1.807, 2.05) is 0 Å². The lowest BCUT2D eigenvalue weighted by Gasteiger charge is -2.44. The monoisotopic (exact) mass is 336 g/mol. The number of likely N-dealkylation sites (N-methyl/N-ethyl adjacent to an activating group) is 2. The van der Waals surface area contributed by atoms with Crippen molar-refractivity contribution in [3.05, 3.63) is 12.2 Å². The van der Waals surface area contributed by atoms with Gasteiger partial charge in [-0.3, -0.25) is 19.6 Å². The molecule has 2 aliphatic heterocycles. The van der Waals surface area contributed by atoms with Gasteiger partial charge in [0.2, 0.25) is 0 Å². The third-order valence-electron chi connectivity index (χ3n) is 6.15. The molecule has 0 unspecified atom stereocenters. The standard InChI is InChI=1S/C20H40N4/c1-7-21-13-19(5)23(15-17(21)3)11-9-10-12-24-16-18(4)22(8-2)14-20(24)6/h9-10,17-20H,7-8,11-16H2,1-6H3/b10-9+/t17-,18+,19+,20-. The second-order valence-corrected chi connectivity index (χ2v) is 7.95. The van der Waals surface area contributed by atoms with Crippen molar-refractivity contribution in [2.45, 2.75) is 65.7 Å². The van der Waals surface area contributed by atoms with Gasteiger partial charge in [-0.2, -0.15) is 0 Å². The molecule has 0 spiro atoms. The molecule has 2 aliphatic rings. The molecule has 4 nitrogen and oxygen atoms in total. The van der Waals surface area contributed by atoms with Crippen molar-refractivity contribution < 1.29 is 0 Å². The van der Waals surface area contributed by atoms with E-state index in [-0.39, 0.29) is 0 Å². The van der Waals surface area contributed by atoms with Gasteiger partial charge in [-0.1, -0.05) is 26.0 Å². The Kier molecular flexibility index (Phi) is 7.73. The van der Waals surface area contributed by atoms with E-state index in [4.69, 9.17) is 0 Å². The molecule has 2 saturated heterocycles. The van der Waals surface area contributed by atoms with Gasteiger partial charge < -0.3 is 0 Å². The lowest BCUT2D eigenvalue weighted by molar-refractivity contribution is 0.0520. The highest BCUT2D eigenvalue weighted by Crippen LogP contribution is 2.16. The van der Waals surface area contributed by atoms with E-state index in [0.29, 0.717) is 24.2 Å². The van der Waals surface area contributed by atoms with E-state index in [0.717, 1.165) is 13.1 Å². The summed E-state index contributed by atoms with van der Waals surface area (Å²) in [6, 6.07) is 2.70. The molecule has 0 aliphatic carbocycles. The molecule has 2 fully saturated rings. The number of rotatable bonds is 6. The average Bonchev–Trinajstić information content (AvgIpc) is 2.56. The highest BCUT2D eigenvalue weighted by atomic mass is 15.3. The van der Waals surface area contributed by atoms with Gasteiger partial charge in [-0.25, -0.2) is 0 Å². The lowest BCUT2D eigenvalue weighted by Crippen LogP contribution is -2.56. The van der Waals surface area contributed by atoms with Crippen LogP contribution in [0.1, 0.15) is 41.5 Å². The lowest BCUT2D eigenvalue weighted by atomic mass is 10.1. The predicted octanol–water partition coefficient (Wildman–Crippen LogP) is 2.37. The first kappa shape index (κ1) is 19.9. The van der Waals surface area contributed by atoms with Crippen LogP contribution in [-0.2, 0) is 0 Å². The Morgan fingerprint density at radius 3 is 1.21 bits per heavy atom. The zero-order chi connectivity index (χ0) is 17.7. The summed E-state index contributed by atoms with van der Waals surface area (Å²) in [5.74, 6) is 0. The molecular formula is C20H40N4. The van der Waals surface area contributed by atoms with Gasteiger partial charge >= 0.3 is 0 Å². The van der Waals surface area contributed by atoms with Crippen LogP contribution in [0.25, 0.3) is 0 Å². The third-order valence-corrected chi connectivity index (χ3v) is 6.15. The van der Waals surface area contributed by atoms with Crippen LogP contribution in [-0.4, -0.2) is 96.1 Å². The molecule has 0 aromatic rings. The Bertz CT molecular complexity index is 361. The summed E-state index contributed by atoms with van der Waals surface area (Å²) in [6.45, 7) is 23.4. The number of hydrogen-bond acceptors (Lipinski definition) is 4. The van der Waals surface area contributed by atoms with E-state index in [2.05, 4.69) is 73.3 Å². The van der Waals surface area contributed by atoms with Crippen LogP contribution in [0.15, 0.2) is 12.2 Å². The van der Waals surface area contributed by atoms with Crippen molar-refractivity contribution >= 4 is 0 Å². The molecule has 0 saturated carbocycles. The molecule has 140 valence electrons. The number of nitrogens with zero attached hydrogens (tertiary/aromatic N) is 4. The smallest absolute Gasteiger partial charge is 0.0198 e. The molecule has 4 atom stereocenters. The van der Waals surface area contributed by atoms with Gasteiger partial charge in [-0.15, -0.1) is 0 Å². The molecule has 0 N–H and O–H groups in total. The normalized spacial score (nSPS) is 35.1. The van der Waals surface area contributed by atoms with Gasteiger partial charge in [0.25, 0.3) is 0 Å². The van der Waals surface area contributed by atoms with Crippen molar-refractivity contribution in [1.82, 2.24) is 19.6 Å². The second-order valence-electron chi connectivity index (χ2n) is 7.95. The maximum atomic E-state index is 2.63. The fourth-order valence-electron chi connectivity index (χ4n) is 4.35. The zero-order valence-electron chi connectivity index (χ0n) is 16.9. The number of piperazine rings is 2. The molecule has 0 radical (unpaired) electrons. The fraction of sp³-hybridized carbons (Fsp3) is 0.900. The van der Waals surface area contributed by atoms with Crippen molar-refractivity contribution in [2.75, 3.05) is 52.4 Å². The van der Waals surface area contributed by atoms with Gasteiger partial charge in [0.1, 0.15) is 0 Å². The van der Waals surface area contributed by atoms with Crippen molar-refractivity contribution in [2.24, 2.45) is 0 Å². The summed E-state index contributed by atoms with van der Waals surface area (Å²) in [5.41, 5.74) is 0. The van der Waals surface area contributed by atoms with Gasteiger partial charge in [0.05, 0.1) is 0 Å². The highest BCUT2D eigenvalue weighted by molar-refractivity contribution is 4.94. The minimum absolute atomic E-state index is 0.665. The Labute approximate surface area is 150 Å².